The summed E-state index contributed by atoms with van der Waals surface area (Å²) in [5.41, 5.74) is 4.85. The summed E-state index contributed by atoms with van der Waals surface area (Å²) >= 11 is 0. The third-order valence-electron chi connectivity index (χ3n) is 7.77. The molecule has 2 heterocycles. The molecule has 2 aliphatic rings. The highest BCUT2D eigenvalue weighted by Gasteiger charge is 2.32. The van der Waals surface area contributed by atoms with Gasteiger partial charge in [0.25, 0.3) is 0 Å². The molecule has 0 radical (unpaired) electrons. The number of benzene rings is 4. The van der Waals surface area contributed by atoms with Crippen LogP contribution in [0.15, 0.2) is 94.9 Å². The summed E-state index contributed by atoms with van der Waals surface area (Å²) in [6.45, 7) is 9.07. The lowest BCUT2D eigenvalue weighted by Gasteiger charge is -2.19. The lowest BCUT2D eigenvalue weighted by Crippen LogP contribution is -2.17. The topological polar surface area (TPSA) is 78.7 Å². The SMILES string of the molecule is COc1cccc(C2=NC(C)(C)CO2)c1-c1ccccc1C(=O)c1ccccc1-c1c(OC)cccc1C1=NC(C)(C)CO1. The maximum Gasteiger partial charge on any atom is 0.217 e. The zero-order chi connectivity index (χ0) is 31.1. The molecule has 0 spiro atoms. The van der Waals surface area contributed by atoms with E-state index in [4.69, 9.17) is 28.9 Å². The molecule has 0 saturated heterocycles. The van der Waals surface area contributed by atoms with Gasteiger partial charge in [-0.2, -0.15) is 0 Å². The molecular weight excluding hydrogens is 552 g/mol. The summed E-state index contributed by atoms with van der Waals surface area (Å²) in [6.07, 6.45) is 0. The second-order valence-corrected chi connectivity index (χ2v) is 12.2. The summed E-state index contributed by atoms with van der Waals surface area (Å²) in [6, 6.07) is 26.7. The van der Waals surface area contributed by atoms with Gasteiger partial charge in [0.2, 0.25) is 11.8 Å². The van der Waals surface area contributed by atoms with Gasteiger partial charge in [-0.15, -0.1) is 0 Å². The van der Waals surface area contributed by atoms with Gasteiger partial charge in [0.15, 0.2) is 5.78 Å². The van der Waals surface area contributed by atoms with E-state index in [1.165, 1.54) is 0 Å². The lowest BCUT2D eigenvalue weighted by molar-refractivity contribution is 0.104. The third kappa shape index (κ3) is 5.34. The van der Waals surface area contributed by atoms with Crippen molar-refractivity contribution in [3.8, 4) is 33.8 Å². The maximum absolute atomic E-state index is 14.7. The van der Waals surface area contributed by atoms with E-state index in [1.54, 1.807) is 14.2 Å². The fraction of sp³-hybridized carbons (Fsp3) is 0.270. The van der Waals surface area contributed by atoms with E-state index in [0.717, 1.165) is 33.4 Å². The first-order chi connectivity index (χ1) is 21.1. The van der Waals surface area contributed by atoms with E-state index < -0.39 is 0 Å². The number of aliphatic imine (C=N–C) groups is 2. The average Bonchev–Trinajstić information content (AvgIpc) is 3.59. The van der Waals surface area contributed by atoms with Crippen LogP contribution in [0.3, 0.4) is 0 Å². The number of carbonyl (C=O) groups is 1. The number of hydrogen-bond donors (Lipinski definition) is 0. The first kappa shape index (κ1) is 29.2. The van der Waals surface area contributed by atoms with Crippen molar-refractivity contribution in [3.63, 3.8) is 0 Å². The van der Waals surface area contributed by atoms with E-state index in [2.05, 4.69) is 0 Å². The van der Waals surface area contributed by atoms with E-state index in [9.17, 15) is 4.79 Å². The van der Waals surface area contributed by atoms with Crippen molar-refractivity contribution in [1.29, 1.82) is 0 Å². The van der Waals surface area contributed by atoms with Crippen molar-refractivity contribution >= 4 is 17.6 Å². The summed E-state index contributed by atoms with van der Waals surface area (Å²) in [4.78, 5) is 24.4. The Morgan fingerprint density at radius 3 is 1.34 bits per heavy atom. The van der Waals surface area contributed by atoms with Crippen LogP contribution in [-0.2, 0) is 9.47 Å². The minimum absolute atomic E-state index is 0.144. The molecule has 7 heteroatoms. The molecule has 0 saturated carbocycles. The summed E-state index contributed by atoms with van der Waals surface area (Å²) < 4.78 is 23.8. The number of methoxy groups -OCH3 is 2. The molecular formula is C37H36N2O5. The molecule has 0 N–H and O–H groups in total. The second kappa shape index (κ2) is 11.3. The van der Waals surface area contributed by atoms with Gasteiger partial charge in [-0.25, -0.2) is 9.98 Å². The minimum Gasteiger partial charge on any atom is -0.496 e. The minimum atomic E-state index is -0.348. The van der Waals surface area contributed by atoms with Crippen molar-refractivity contribution in [2.45, 2.75) is 38.8 Å². The molecule has 0 fully saturated rings. The normalized spacial score (nSPS) is 16.4. The fourth-order valence-electron chi connectivity index (χ4n) is 5.70. The standard InChI is InChI=1S/C37H36N2O5/c1-36(2)21-43-34(38-36)27-17-11-19-29(41-5)31(27)23-13-7-9-15-25(23)33(40)26-16-10-8-14-24(26)32-28(18-12-20-30(32)42-6)35-39-37(3,4)22-44-35/h7-20H,21-22H2,1-6H3. The molecule has 0 bridgehead atoms. The number of nitrogens with zero attached hydrogens (tertiary/aromatic N) is 2. The number of ether oxygens (including phenoxy) is 4. The molecule has 4 aromatic carbocycles. The Labute approximate surface area is 258 Å². The fourth-order valence-corrected chi connectivity index (χ4v) is 5.70. The van der Waals surface area contributed by atoms with Gasteiger partial charge in [-0.3, -0.25) is 4.79 Å². The monoisotopic (exact) mass is 588 g/mol. The van der Waals surface area contributed by atoms with Crippen LogP contribution in [0.1, 0.15) is 54.7 Å². The number of hydrogen-bond acceptors (Lipinski definition) is 7. The Bertz CT molecular complexity index is 1690. The van der Waals surface area contributed by atoms with Gasteiger partial charge in [0, 0.05) is 33.4 Å². The van der Waals surface area contributed by atoms with Crippen LogP contribution in [0, 0.1) is 0 Å². The quantitative estimate of drug-likeness (QED) is 0.201. The Morgan fingerprint density at radius 1 is 0.591 bits per heavy atom. The molecule has 0 aromatic heterocycles. The van der Waals surface area contributed by atoms with Crippen molar-refractivity contribution in [2.24, 2.45) is 9.98 Å². The van der Waals surface area contributed by atoms with Crippen LogP contribution >= 0.6 is 0 Å². The molecule has 7 nitrogen and oxygen atoms in total. The van der Waals surface area contributed by atoms with Gasteiger partial charge in [0.1, 0.15) is 24.7 Å². The Balaban J connectivity index is 1.53. The largest absolute Gasteiger partial charge is 0.496 e. The predicted octanol–water partition coefficient (Wildman–Crippen LogP) is 7.38. The molecule has 44 heavy (non-hydrogen) atoms. The van der Waals surface area contributed by atoms with E-state index in [-0.39, 0.29) is 16.9 Å². The summed E-state index contributed by atoms with van der Waals surface area (Å²) in [5, 5.41) is 0. The molecule has 0 amide bonds. The highest BCUT2D eigenvalue weighted by molar-refractivity contribution is 6.18. The highest BCUT2D eigenvalue weighted by atomic mass is 16.5. The van der Waals surface area contributed by atoms with Crippen molar-refractivity contribution < 1.29 is 23.7 Å². The smallest absolute Gasteiger partial charge is 0.217 e. The van der Waals surface area contributed by atoms with Crippen LogP contribution in [0.4, 0.5) is 0 Å². The van der Waals surface area contributed by atoms with Crippen molar-refractivity contribution in [1.82, 2.24) is 0 Å². The zero-order valence-electron chi connectivity index (χ0n) is 25.9. The van der Waals surface area contributed by atoms with Crippen LogP contribution in [0.25, 0.3) is 22.3 Å². The Morgan fingerprint density at radius 2 is 0.977 bits per heavy atom. The van der Waals surface area contributed by atoms with Gasteiger partial charge >= 0.3 is 0 Å². The van der Waals surface area contributed by atoms with E-state index in [0.29, 0.717) is 47.6 Å². The van der Waals surface area contributed by atoms with Gasteiger partial charge in [-0.05, 0) is 63.1 Å². The molecule has 224 valence electrons. The Hall–Kier alpha value is -4.91. The maximum atomic E-state index is 14.7. The number of carbonyl (C=O) groups excluding carboxylic acids is 1. The zero-order valence-corrected chi connectivity index (χ0v) is 25.9. The predicted molar refractivity (Wildman–Crippen MR) is 173 cm³/mol. The van der Waals surface area contributed by atoms with Crippen LogP contribution in [0.2, 0.25) is 0 Å². The first-order valence-electron chi connectivity index (χ1n) is 14.7. The van der Waals surface area contributed by atoms with E-state index in [1.807, 2.05) is 113 Å². The molecule has 4 aromatic rings. The van der Waals surface area contributed by atoms with Crippen LogP contribution in [-0.4, -0.2) is 56.1 Å². The summed E-state index contributed by atoms with van der Waals surface area (Å²) in [5.74, 6) is 2.17. The number of rotatable bonds is 8. The van der Waals surface area contributed by atoms with Crippen LogP contribution < -0.4 is 9.47 Å². The highest BCUT2D eigenvalue weighted by Crippen LogP contribution is 2.41. The average molecular weight is 589 g/mol. The van der Waals surface area contributed by atoms with Crippen molar-refractivity contribution in [2.75, 3.05) is 27.4 Å². The number of ketones is 1. The third-order valence-corrected chi connectivity index (χ3v) is 7.77. The van der Waals surface area contributed by atoms with Gasteiger partial charge in [0.05, 0.1) is 25.3 Å². The molecule has 0 atom stereocenters. The first-order valence-corrected chi connectivity index (χ1v) is 14.7. The molecule has 0 aliphatic carbocycles. The second-order valence-electron chi connectivity index (χ2n) is 12.2. The molecule has 2 aliphatic heterocycles. The molecule has 6 rings (SSSR count). The van der Waals surface area contributed by atoms with Gasteiger partial charge < -0.3 is 18.9 Å². The van der Waals surface area contributed by atoms with Gasteiger partial charge in [-0.1, -0.05) is 60.7 Å². The lowest BCUT2D eigenvalue weighted by atomic mass is 9.87. The summed E-state index contributed by atoms with van der Waals surface area (Å²) in [7, 11) is 3.25. The Kier molecular flexibility index (Phi) is 7.49. The molecule has 0 unspecified atom stereocenters. The van der Waals surface area contributed by atoms with Crippen LogP contribution in [0.5, 0.6) is 11.5 Å². The van der Waals surface area contributed by atoms with E-state index >= 15 is 0 Å². The van der Waals surface area contributed by atoms with Crippen molar-refractivity contribution in [3.05, 3.63) is 107 Å².